The van der Waals surface area contributed by atoms with Gasteiger partial charge in [0.15, 0.2) is 0 Å². The van der Waals surface area contributed by atoms with Gasteiger partial charge in [-0.1, -0.05) is 23.9 Å². The van der Waals surface area contributed by atoms with Crippen molar-refractivity contribution >= 4 is 29.5 Å². The van der Waals surface area contributed by atoms with Crippen molar-refractivity contribution in [1.82, 2.24) is 9.80 Å². The molecule has 2 N–H and O–H groups in total. The van der Waals surface area contributed by atoms with Crippen molar-refractivity contribution in [1.29, 1.82) is 5.26 Å². The second kappa shape index (κ2) is 8.73. The van der Waals surface area contributed by atoms with E-state index in [9.17, 15) is 19.6 Å². The van der Waals surface area contributed by atoms with Crippen LogP contribution in [0.2, 0.25) is 0 Å². The summed E-state index contributed by atoms with van der Waals surface area (Å²) in [6.07, 6.45) is -0.178. The van der Waals surface area contributed by atoms with Crippen LogP contribution in [0.15, 0.2) is 46.3 Å². The highest BCUT2D eigenvalue weighted by Crippen LogP contribution is 2.50. The number of esters is 1. The highest BCUT2D eigenvalue weighted by Gasteiger charge is 2.48. The van der Waals surface area contributed by atoms with E-state index in [1.807, 2.05) is 0 Å². The molecule has 9 nitrogen and oxygen atoms in total. The normalized spacial score (nSPS) is 20.4. The average molecular weight is 442 g/mol. The fraction of sp³-hybridized carbons (Fsp3) is 0.333. The summed E-state index contributed by atoms with van der Waals surface area (Å²) in [6, 6.07) is 9.07. The molecule has 0 aromatic heterocycles. The number of nitrogens with zero attached hydrogens (tertiary/aromatic N) is 3. The number of ether oxygens (including phenoxy) is 2. The zero-order chi connectivity index (χ0) is 22.9. The van der Waals surface area contributed by atoms with E-state index in [0.29, 0.717) is 16.3 Å². The molecule has 3 rings (SSSR count). The number of carbonyl (C=O) groups is 3. The molecule has 162 valence electrons. The Morgan fingerprint density at radius 1 is 1.32 bits per heavy atom. The first kappa shape index (κ1) is 22.2. The van der Waals surface area contributed by atoms with Gasteiger partial charge in [-0.05, 0) is 17.7 Å². The first-order chi connectivity index (χ1) is 14.7. The molecule has 2 heterocycles. The molecule has 0 spiro atoms. The van der Waals surface area contributed by atoms with E-state index >= 15 is 0 Å². The maximum atomic E-state index is 13.3. The van der Waals surface area contributed by atoms with Gasteiger partial charge in [0.1, 0.15) is 16.8 Å². The zero-order valence-corrected chi connectivity index (χ0v) is 18.4. The molecule has 1 fully saturated rings. The maximum absolute atomic E-state index is 13.3. The van der Waals surface area contributed by atoms with Crippen LogP contribution in [0.4, 0.5) is 0 Å². The molecular weight excluding hydrogens is 420 g/mol. The van der Waals surface area contributed by atoms with Crippen molar-refractivity contribution in [3.05, 3.63) is 51.8 Å². The lowest BCUT2D eigenvalue weighted by Gasteiger charge is -2.33. The van der Waals surface area contributed by atoms with Gasteiger partial charge in [-0.25, -0.2) is 0 Å². The molecule has 0 radical (unpaired) electrons. The molecule has 0 aliphatic carbocycles. The van der Waals surface area contributed by atoms with Crippen LogP contribution in [0.25, 0.3) is 0 Å². The Balaban J connectivity index is 2.24. The lowest BCUT2D eigenvalue weighted by atomic mass is 9.82. The predicted octanol–water partition coefficient (Wildman–Crippen LogP) is 1.29. The largest absolute Gasteiger partial charge is 0.497 e. The topological polar surface area (TPSA) is 126 Å². The van der Waals surface area contributed by atoms with E-state index in [2.05, 4.69) is 10.8 Å². The minimum atomic E-state index is -0.810. The van der Waals surface area contributed by atoms with E-state index in [-0.39, 0.29) is 29.3 Å². The summed E-state index contributed by atoms with van der Waals surface area (Å²) in [7, 11) is 5.93. The second-order valence-electron chi connectivity index (χ2n) is 7.10. The Bertz CT molecular complexity index is 1060. The summed E-state index contributed by atoms with van der Waals surface area (Å²) >= 11 is 1.08. The number of hydrogen-bond donors (Lipinski definition) is 1. The molecule has 2 atom stereocenters. The van der Waals surface area contributed by atoms with Crippen LogP contribution in [0, 0.1) is 11.3 Å². The molecule has 2 aliphatic heterocycles. The van der Waals surface area contributed by atoms with Crippen molar-refractivity contribution in [2.45, 2.75) is 17.6 Å². The Kier molecular flexibility index (Phi) is 6.27. The van der Waals surface area contributed by atoms with Crippen LogP contribution in [0.3, 0.4) is 0 Å². The van der Waals surface area contributed by atoms with Gasteiger partial charge in [-0.15, -0.1) is 0 Å². The smallest absolute Gasteiger partial charge is 0.307 e. The zero-order valence-electron chi connectivity index (χ0n) is 17.5. The van der Waals surface area contributed by atoms with Crippen LogP contribution in [-0.4, -0.2) is 61.1 Å². The standard InChI is InChI=1S/C21H22N4O5S/c1-24(2)20(28)17-16(11-6-5-7-12(8-11)29-3)13(10-22)18(23)25-19(27)14(31-21(17)25)9-15(26)30-4/h5-8,14,16H,9,23H2,1-4H3. The van der Waals surface area contributed by atoms with Crippen LogP contribution in [0.5, 0.6) is 5.75 Å². The Hall–Kier alpha value is -3.45. The monoisotopic (exact) mass is 442 g/mol. The van der Waals surface area contributed by atoms with Crippen molar-refractivity contribution in [2.24, 2.45) is 5.73 Å². The number of carbonyl (C=O) groups excluding carboxylic acids is 3. The van der Waals surface area contributed by atoms with Crippen LogP contribution < -0.4 is 10.5 Å². The predicted molar refractivity (Wildman–Crippen MR) is 113 cm³/mol. The van der Waals surface area contributed by atoms with Gasteiger partial charge in [-0.3, -0.25) is 19.3 Å². The summed E-state index contributed by atoms with van der Waals surface area (Å²) in [4.78, 5) is 40.6. The van der Waals surface area contributed by atoms with Crippen molar-refractivity contribution in [3.63, 3.8) is 0 Å². The Labute approximate surface area is 184 Å². The third-order valence-electron chi connectivity index (χ3n) is 5.04. The number of nitrogens with two attached hydrogens (primary N) is 1. The number of fused-ring (bicyclic) bond motifs is 1. The molecule has 0 saturated carbocycles. The lowest BCUT2D eigenvalue weighted by Crippen LogP contribution is -2.40. The van der Waals surface area contributed by atoms with E-state index in [1.54, 1.807) is 38.4 Å². The van der Waals surface area contributed by atoms with Crippen LogP contribution >= 0.6 is 11.8 Å². The molecule has 10 heteroatoms. The van der Waals surface area contributed by atoms with Gasteiger partial charge in [-0.2, -0.15) is 5.26 Å². The minimum absolute atomic E-state index is 0.0505. The van der Waals surface area contributed by atoms with Crippen molar-refractivity contribution in [3.8, 4) is 11.8 Å². The van der Waals surface area contributed by atoms with Crippen molar-refractivity contribution in [2.75, 3.05) is 28.3 Å². The molecular formula is C21H22N4O5S. The molecule has 31 heavy (non-hydrogen) atoms. The minimum Gasteiger partial charge on any atom is -0.497 e. The summed E-state index contributed by atoms with van der Waals surface area (Å²) in [5.41, 5.74) is 7.22. The maximum Gasteiger partial charge on any atom is 0.307 e. The summed E-state index contributed by atoms with van der Waals surface area (Å²) in [5.74, 6) is -1.69. The number of likely N-dealkylation sites (N-methyl/N-ethyl adjacent to an activating group) is 1. The first-order valence-corrected chi connectivity index (χ1v) is 10.2. The van der Waals surface area contributed by atoms with E-state index in [4.69, 9.17) is 10.5 Å². The number of amides is 2. The Morgan fingerprint density at radius 2 is 2.03 bits per heavy atom. The van der Waals surface area contributed by atoms with Gasteiger partial charge in [0.2, 0.25) is 5.91 Å². The SMILES string of the molecule is COC(=O)CC1SC2=C(C(=O)N(C)C)C(c3cccc(OC)c3)C(C#N)=C(N)N2C1=O. The third-order valence-corrected chi connectivity index (χ3v) is 6.32. The van der Waals surface area contributed by atoms with Gasteiger partial charge in [0, 0.05) is 14.1 Å². The van der Waals surface area contributed by atoms with Gasteiger partial charge in [0.25, 0.3) is 5.91 Å². The number of allylic oxidation sites excluding steroid dienone is 1. The summed E-state index contributed by atoms with van der Waals surface area (Å²) in [5, 5.41) is 9.44. The fourth-order valence-electron chi connectivity index (χ4n) is 3.53. The number of rotatable bonds is 5. The van der Waals surface area contributed by atoms with Crippen LogP contribution in [-0.2, 0) is 19.1 Å². The summed E-state index contributed by atoms with van der Waals surface area (Å²) in [6.45, 7) is 0. The second-order valence-corrected chi connectivity index (χ2v) is 8.29. The highest BCUT2D eigenvalue weighted by molar-refractivity contribution is 8.04. The molecule has 0 bridgehead atoms. The molecule has 2 aliphatic rings. The molecule has 1 saturated heterocycles. The van der Waals surface area contributed by atoms with Gasteiger partial charge in [0.05, 0.1) is 48.8 Å². The number of hydrogen-bond acceptors (Lipinski definition) is 8. The number of methoxy groups -OCH3 is 2. The Morgan fingerprint density at radius 3 is 2.61 bits per heavy atom. The quantitative estimate of drug-likeness (QED) is 0.676. The number of benzene rings is 1. The average Bonchev–Trinajstić information content (AvgIpc) is 3.08. The molecule has 2 unspecified atom stereocenters. The van der Waals surface area contributed by atoms with Gasteiger partial charge < -0.3 is 20.1 Å². The molecule has 1 aromatic carbocycles. The third kappa shape index (κ3) is 3.84. The number of thioether (sulfide) groups is 1. The first-order valence-electron chi connectivity index (χ1n) is 9.32. The summed E-state index contributed by atoms with van der Waals surface area (Å²) < 4.78 is 9.99. The lowest BCUT2D eigenvalue weighted by molar-refractivity contribution is -0.142. The van der Waals surface area contributed by atoms with E-state index < -0.39 is 23.0 Å². The molecule has 2 amide bonds. The fourth-order valence-corrected chi connectivity index (χ4v) is 4.85. The van der Waals surface area contributed by atoms with Crippen molar-refractivity contribution < 1.29 is 23.9 Å². The number of nitriles is 1. The van der Waals surface area contributed by atoms with E-state index in [0.717, 1.165) is 11.8 Å². The molecule has 1 aromatic rings. The highest BCUT2D eigenvalue weighted by atomic mass is 32.2. The van der Waals surface area contributed by atoms with E-state index in [1.165, 1.54) is 24.0 Å². The van der Waals surface area contributed by atoms with Gasteiger partial charge >= 0.3 is 5.97 Å². The van der Waals surface area contributed by atoms with Crippen LogP contribution in [0.1, 0.15) is 17.9 Å².